The first-order chi connectivity index (χ1) is 32.0. The van der Waals surface area contributed by atoms with E-state index in [1.165, 1.54) is 34.3 Å². The molecule has 0 spiro atoms. The van der Waals surface area contributed by atoms with Crippen LogP contribution in [0.4, 0.5) is 0 Å². The molecule has 0 saturated carbocycles. The third-order valence-electron chi connectivity index (χ3n) is 11.6. The summed E-state index contributed by atoms with van der Waals surface area (Å²) in [4.78, 5) is 83.1. The molecule has 0 aromatic carbocycles. The first-order valence-electron chi connectivity index (χ1n) is 22.4. The zero-order chi connectivity index (χ0) is 50.9. The number of nitrogens with zero attached hydrogens (tertiary/aromatic N) is 9. The van der Waals surface area contributed by atoms with Crippen LogP contribution in [0.2, 0.25) is 0 Å². The number of carboxylic acid groups (broad SMARTS) is 6. The largest absolute Gasteiger partial charge is 0.549 e. The van der Waals surface area contributed by atoms with Crippen molar-refractivity contribution in [3.05, 3.63) is 0 Å². The number of carbonyl (C=O) groups is 6. The molecule has 442 valence electrons. The SMILES string of the molecule is O=C([O-])CN1CCN(CC(=O)[O-])CCN(CC(O)CN(CC(O)CN2CCN(CC(=O)[O-])CCN(CC(=O)[O-])CCN(CC(=O)[O-])CC2)CC(O)C(O)C(O)C(O)CO)CCN(CC(=O)[O-])CC1.[Gd].[Gd].[Gd].[Gd].[Gd].[Gd]. The van der Waals surface area contributed by atoms with Crippen molar-refractivity contribution in [3.8, 4) is 0 Å². The Bertz CT molecular complexity index is 1420. The molecule has 2 saturated heterocycles. The summed E-state index contributed by atoms with van der Waals surface area (Å²) in [7, 11) is 0. The molecule has 74 heavy (non-hydrogen) atoms. The maximum Gasteiger partial charge on any atom is 0.111 e. The van der Waals surface area contributed by atoms with Crippen molar-refractivity contribution in [1.29, 1.82) is 0 Å². The van der Waals surface area contributed by atoms with Crippen molar-refractivity contribution < 1.29 is 335 Å². The van der Waals surface area contributed by atoms with Gasteiger partial charge in [0, 0.05) is 416 Å². The molecule has 0 aromatic heterocycles. The van der Waals surface area contributed by atoms with Gasteiger partial charge in [-0.3, -0.25) is 44.1 Å². The molecule has 28 nitrogen and oxygen atoms in total. The van der Waals surface area contributed by atoms with Crippen LogP contribution in [0.25, 0.3) is 0 Å². The quantitative estimate of drug-likeness (QED) is 0.0423. The zero-order valence-electron chi connectivity index (χ0n) is 40.4. The summed E-state index contributed by atoms with van der Waals surface area (Å²) in [5.74, 6) is -8.38. The summed E-state index contributed by atoms with van der Waals surface area (Å²) in [6.07, 6.45) is -10.4. The first kappa shape index (κ1) is 86.9. The Kier molecular flexibility index (Phi) is 58.0. The molecular formula is C40H69Gd6N9O19-6. The number of carboxylic acids is 6. The van der Waals surface area contributed by atoms with Crippen LogP contribution in [0.5, 0.6) is 0 Å². The standard InChI is InChI=1S/C40H75N9O19.6Gd/c50-28-32(54)40(68)39(67)31(53)21-49(19-29(51)17-41-1-5-43(22-33(55)56)9-13-47(26-37(63)64)14-10-44(6-2-41)23-34(57)58)20-30(52)18-42-3-7-45(24-35(59)60)11-15-48(27-38(65)66)16-12-46(8-4-42)25-36(61)62;;;;;;/h29-32,39-40,50-54,67-68H,1-28H2,(H,55,56)(H,57,58)(H,59,60)(H,61,62)(H,63,64)(H,65,66);;;;;;/p-6. The number of carbonyl (C=O) groups excluding carboxylic acids is 6. The molecule has 2 aliphatic heterocycles. The third kappa shape index (κ3) is 41.2. The second kappa shape index (κ2) is 49.4. The van der Waals surface area contributed by atoms with E-state index in [0.29, 0.717) is 0 Å². The maximum absolute atomic E-state index is 11.6. The molecule has 2 aliphatic rings. The average molecular weight is 1920 g/mol. The zero-order valence-corrected chi connectivity index (χ0v) is 54.0. The van der Waals surface area contributed by atoms with E-state index in [0.717, 1.165) is 0 Å². The summed E-state index contributed by atoms with van der Waals surface area (Å²) >= 11 is 0. The summed E-state index contributed by atoms with van der Waals surface area (Å²) in [6, 6.07) is 0. The molecule has 2 heterocycles. The number of hydrogen-bond donors (Lipinski definition) is 7. The van der Waals surface area contributed by atoms with E-state index in [1.54, 1.807) is 9.80 Å². The van der Waals surface area contributed by atoms with E-state index >= 15 is 0 Å². The van der Waals surface area contributed by atoms with Crippen LogP contribution in [0.3, 0.4) is 0 Å². The van der Waals surface area contributed by atoms with Crippen molar-refractivity contribution in [2.24, 2.45) is 0 Å². The molecule has 7 N–H and O–H groups in total. The van der Waals surface area contributed by atoms with Crippen LogP contribution >= 0.6 is 0 Å². The predicted molar refractivity (Wildman–Crippen MR) is 221 cm³/mol. The topological polar surface area (TPSA) is 412 Å². The molecule has 34 heteroatoms. The van der Waals surface area contributed by atoms with Crippen molar-refractivity contribution in [3.63, 3.8) is 0 Å². The minimum Gasteiger partial charge on any atom is -0.549 e. The van der Waals surface area contributed by atoms with Gasteiger partial charge in [-0.2, -0.15) is 0 Å². The molecule has 0 radical (unpaired) electrons. The predicted octanol–water partition coefficient (Wildman–Crippen LogP) is -16.6. The Morgan fingerprint density at radius 1 is 0.338 bits per heavy atom. The van der Waals surface area contributed by atoms with E-state index < -0.39 is 125 Å². The fraction of sp³-hybridized carbons (Fsp3) is 0.850. The number of β-amino-alcohol motifs (C(OH)–C–C–N with tert-alkyl or cyclic N) is 2. The molecule has 6 unspecified atom stereocenters. The first-order valence-corrected chi connectivity index (χ1v) is 22.4. The summed E-state index contributed by atoms with van der Waals surface area (Å²) in [5.41, 5.74) is 0. The normalized spacial score (nSPS) is 19.8. The number of hydrogen-bond acceptors (Lipinski definition) is 28. The van der Waals surface area contributed by atoms with E-state index in [9.17, 15) is 95.2 Å². The van der Waals surface area contributed by atoms with Crippen molar-refractivity contribution in [1.82, 2.24) is 44.1 Å². The van der Waals surface area contributed by atoms with Gasteiger partial charge in [0.15, 0.2) is 0 Å². The van der Waals surface area contributed by atoms with Crippen LogP contribution < -0.4 is 30.6 Å². The van der Waals surface area contributed by atoms with E-state index in [-0.39, 0.29) is 371 Å². The minimum absolute atomic E-state index is 0. The number of aliphatic hydroxyl groups excluding tert-OH is 7. The minimum atomic E-state index is -2.03. The molecule has 0 aliphatic carbocycles. The average Bonchev–Trinajstić information content (AvgIpc) is 3.23. The Morgan fingerprint density at radius 3 is 0.716 bits per heavy atom. The molecule has 0 aromatic rings. The van der Waals surface area contributed by atoms with Gasteiger partial charge in [-0.15, -0.1) is 0 Å². The smallest absolute Gasteiger partial charge is 0.111 e. The van der Waals surface area contributed by atoms with Crippen LogP contribution in [0, 0.1) is 240 Å². The van der Waals surface area contributed by atoms with Gasteiger partial charge in [0.2, 0.25) is 0 Å². The van der Waals surface area contributed by atoms with Crippen LogP contribution in [0.1, 0.15) is 0 Å². The van der Waals surface area contributed by atoms with E-state index in [1.807, 2.05) is 0 Å². The van der Waals surface area contributed by atoms with Gasteiger partial charge in [-0.05, 0) is 0 Å². The summed E-state index contributed by atoms with van der Waals surface area (Å²) in [5, 5.41) is 144. The molecule has 2 fully saturated rings. The van der Waals surface area contributed by atoms with Crippen molar-refractivity contribution >= 4 is 35.8 Å². The summed E-state index contributed by atoms with van der Waals surface area (Å²) in [6.45, 7) is -4.17. The number of aliphatic carboxylic acids is 6. The van der Waals surface area contributed by atoms with Crippen molar-refractivity contribution in [2.75, 3.05) is 183 Å². The Balaban J connectivity index is -0.00000264. The molecule has 6 atom stereocenters. The molecular weight excluding hydrogens is 1850 g/mol. The second-order valence-electron chi connectivity index (χ2n) is 17.3. The van der Waals surface area contributed by atoms with E-state index in [2.05, 4.69) is 0 Å². The Hall–Kier alpha value is 4.13. The van der Waals surface area contributed by atoms with Gasteiger partial charge < -0.3 is 95.2 Å². The van der Waals surface area contributed by atoms with Gasteiger partial charge in [0.1, 0.15) is 18.3 Å². The fourth-order valence-corrected chi connectivity index (χ4v) is 8.03. The van der Waals surface area contributed by atoms with Gasteiger partial charge in [0.25, 0.3) is 0 Å². The third-order valence-corrected chi connectivity index (χ3v) is 11.6. The summed E-state index contributed by atoms with van der Waals surface area (Å²) < 4.78 is 0. The second-order valence-corrected chi connectivity index (χ2v) is 17.3. The van der Waals surface area contributed by atoms with Gasteiger partial charge in [0.05, 0.1) is 60.7 Å². The van der Waals surface area contributed by atoms with Gasteiger partial charge in [-0.25, -0.2) is 0 Å². The number of aliphatic hydroxyl groups is 7. The Labute approximate surface area is 623 Å². The van der Waals surface area contributed by atoms with E-state index in [4.69, 9.17) is 0 Å². The number of rotatable bonds is 26. The monoisotopic (exact) mass is 1930 g/mol. The molecule has 0 amide bonds. The molecule has 0 bridgehead atoms. The maximum atomic E-state index is 11.6. The van der Waals surface area contributed by atoms with Crippen LogP contribution in [-0.2, 0) is 28.8 Å². The van der Waals surface area contributed by atoms with Crippen LogP contribution in [0.15, 0.2) is 0 Å². The van der Waals surface area contributed by atoms with Gasteiger partial charge in [-0.1, -0.05) is 0 Å². The van der Waals surface area contributed by atoms with Gasteiger partial charge >= 0.3 is 0 Å². The molecule has 2 rings (SSSR count). The fourth-order valence-electron chi connectivity index (χ4n) is 8.03. The van der Waals surface area contributed by atoms with Crippen LogP contribution in [-0.4, -0.2) is 336 Å². The Morgan fingerprint density at radius 2 is 0.527 bits per heavy atom. The van der Waals surface area contributed by atoms with Crippen molar-refractivity contribution in [2.45, 2.75) is 36.6 Å².